The molecule has 8 nitrogen and oxygen atoms in total. The Balaban J connectivity index is 0.000000225. The van der Waals surface area contributed by atoms with Crippen LogP contribution in [0.5, 0.6) is 0 Å². The Kier molecular flexibility index (Phi) is 9.16. The van der Waals surface area contributed by atoms with Gasteiger partial charge < -0.3 is 18.6 Å². The first-order chi connectivity index (χ1) is 12.3. The third-order valence-corrected chi connectivity index (χ3v) is 4.05. The van der Waals surface area contributed by atoms with E-state index in [-0.39, 0.29) is 65.4 Å². The van der Waals surface area contributed by atoms with Gasteiger partial charge in [0.15, 0.2) is 0 Å². The van der Waals surface area contributed by atoms with Crippen molar-refractivity contribution in [1.29, 1.82) is 0 Å². The van der Waals surface area contributed by atoms with E-state index < -0.39 is 41.3 Å². The van der Waals surface area contributed by atoms with Crippen molar-refractivity contribution in [3.8, 4) is 0 Å². The predicted molar refractivity (Wildman–Crippen MR) is 82.5 cm³/mol. The van der Waals surface area contributed by atoms with Crippen LogP contribution in [0.4, 0.5) is 0 Å². The van der Waals surface area contributed by atoms with E-state index in [1.165, 1.54) is 0 Å². The molecule has 0 saturated carbocycles. The molecule has 2 saturated heterocycles. The first-order valence-electron chi connectivity index (χ1n) is 7.67. The molecule has 142 valence electrons. The number of hydrogen-bond acceptors (Lipinski definition) is 8. The number of ether oxygens (including phenoxy) is 3. The van der Waals surface area contributed by atoms with E-state index in [4.69, 9.17) is 9.15 Å². The van der Waals surface area contributed by atoms with Crippen molar-refractivity contribution in [1.82, 2.24) is 0 Å². The molecule has 4 aliphatic heterocycles. The number of carbonyl (C=O) groups is 4. The van der Waals surface area contributed by atoms with Crippen LogP contribution in [0.1, 0.15) is 12.7 Å². The average molecular weight is 536 g/mol. The molecule has 28 heavy (non-hydrogen) atoms. The van der Waals surface area contributed by atoms with Gasteiger partial charge in [-0.05, 0) is 13.2 Å². The van der Waals surface area contributed by atoms with Gasteiger partial charge in [0, 0.05) is 83.2 Å². The summed E-state index contributed by atoms with van der Waals surface area (Å²) in [5, 5.41) is 0. The predicted octanol–water partition coefficient (Wildman–Crippen LogP) is 1.20. The second kappa shape index (κ2) is 10.2. The molecule has 0 N–H and O–H groups in total. The molecule has 0 amide bonds. The maximum Gasteiger partial charge on any atom is 0.338 e. The van der Waals surface area contributed by atoms with Crippen LogP contribution in [0.25, 0.3) is 0 Å². The molecule has 1 aromatic rings. The fraction of sp³-hybridized carbons (Fsp3) is 0.278. The summed E-state index contributed by atoms with van der Waals surface area (Å²) in [6.45, 7) is 3.68. The SMILES string of the molecule is CC12C=C[C-](O1)C1C(=O)OC(=O)C12.Cc1cc[c-]o1.O=C1C=CC(=O)O1.[Y].[Y]. The minimum absolute atomic E-state index is 0. The zero-order valence-corrected chi connectivity index (χ0v) is 20.7. The monoisotopic (exact) mass is 536 g/mol. The molecule has 10 heteroatoms. The second-order valence-electron chi connectivity index (χ2n) is 5.95. The summed E-state index contributed by atoms with van der Waals surface area (Å²) in [6, 6.07) is 3.61. The van der Waals surface area contributed by atoms with Gasteiger partial charge in [0.25, 0.3) is 0 Å². The Morgan fingerprint density at radius 3 is 2.07 bits per heavy atom. The Hall–Kier alpha value is -0.922. The van der Waals surface area contributed by atoms with Crippen molar-refractivity contribution in [2.24, 2.45) is 11.8 Å². The van der Waals surface area contributed by atoms with Crippen molar-refractivity contribution in [2.45, 2.75) is 19.4 Å². The van der Waals surface area contributed by atoms with Crippen molar-refractivity contribution >= 4 is 23.9 Å². The van der Waals surface area contributed by atoms with E-state index in [9.17, 15) is 19.2 Å². The fourth-order valence-electron chi connectivity index (χ4n) is 2.86. The van der Waals surface area contributed by atoms with Gasteiger partial charge in [0.05, 0.1) is 11.8 Å². The standard InChI is InChI=1S/C9H7O4.C5H5O.C4H2O3.2Y/c1-9-3-2-4(13-9)5-6(9)8(11)12-7(5)10;1-5-3-2-4-6-5;5-3-1-2-4(6)7-3;;/h2-3,5-6H,1H3;2-3H,1H3;1-2H;;/q2*-1;;;. The third kappa shape index (κ3) is 5.36. The summed E-state index contributed by atoms with van der Waals surface area (Å²) in [5.74, 6) is -2.12. The van der Waals surface area contributed by atoms with Gasteiger partial charge in [0.2, 0.25) is 0 Å². The molecule has 0 aromatic carbocycles. The summed E-state index contributed by atoms with van der Waals surface area (Å²) < 4.78 is 18.7. The zero-order valence-electron chi connectivity index (χ0n) is 15.0. The minimum atomic E-state index is -0.650. The smallest absolute Gasteiger partial charge is 0.338 e. The molecular weight excluding hydrogens is 522 g/mol. The summed E-state index contributed by atoms with van der Waals surface area (Å²) >= 11 is 0. The van der Waals surface area contributed by atoms with Crippen LogP contribution in [0.2, 0.25) is 0 Å². The molecule has 2 fully saturated rings. The van der Waals surface area contributed by atoms with Crippen LogP contribution in [-0.2, 0) is 98.8 Å². The van der Waals surface area contributed by atoms with Crippen molar-refractivity contribution in [2.75, 3.05) is 0 Å². The molecule has 4 aliphatic rings. The van der Waals surface area contributed by atoms with Crippen molar-refractivity contribution in [3.05, 3.63) is 54.6 Å². The zero-order chi connectivity index (χ0) is 18.9. The number of esters is 4. The molecule has 5 rings (SSSR count). The van der Waals surface area contributed by atoms with Crippen LogP contribution in [-0.4, -0.2) is 29.5 Å². The molecule has 3 unspecified atom stereocenters. The van der Waals surface area contributed by atoms with Crippen molar-refractivity contribution in [3.63, 3.8) is 0 Å². The van der Waals surface area contributed by atoms with E-state index in [1.54, 1.807) is 19.1 Å². The summed E-state index contributed by atoms with van der Waals surface area (Å²) in [5.41, 5.74) is -0.650. The molecule has 0 spiro atoms. The van der Waals surface area contributed by atoms with E-state index >= 15 is 0 Å². The number of furan rings is 1. The molecule has 5 heterocycles. The fourth-order valence-corrected chi connectivity index (χ4v) is 2.86. The van der Waals surface area contributed by atoms with Gasteiger partial charge in [-0.1, -0.05) is 18.8 Å². The van der Waals surface area contributed by atoms with Gasteiger partial charge in [-0.2, -0.15) is 18.2 Å². The van der Waals surface area contributed by atoms with Crippen LogP contribution in [0.3, 0.4) is 0 Å². The number of rotatable bonds is 0. The van der Waals surface area contributed by atoms with Crippen LogP contribution < -0.4 is 0 Å². The minimum Gasteiger partial charge on any atom is -0.596 e. The van der Waals surface area contributed by atoms with Crippen LogP contribution >= 0.6 is 0 Å². The van der Waals surface area contributed by atoms with Crippen LogP contribution in [0.15, 0.2) is 40.9 Å². The molecule has 1 aromatic heterocycles. The van der Waals surface area contributed by atoms with Gasteiger partial charge in [-0.3, -0.25) is 9.59 Å². The van der Waals surface area contributed by atoms with E-state index in [1.807, 2.05) is 19.1 Å². The summed E-state index contributed by atoms with van der Waals surface area (Å²) in [6.07, 6.45) is 8.86. The molecule has 3 atom stereocenters. The Labute approximate surface area is 211 Å². The average Bonchev–Trinajstić information content (AvgIpc) is 3.35. The number of hydrogen-bond donors (Lipinski definition) is 0. The van der Waals surface area contributed by atoms with E-state index in [2.05, 4.69) is 15.7 Å². The van der Waals surface area contributed by atoms with Gasteiger partial charge in [-0.15, -0.1) is 6.07 Å². The quantitative estimate of drug-likeness (QED) is 0.277. The number of carbonyl (C=O) groups excluding carboxylic acids is 4. The second-order valence-corrected chi connectivity index (χ2v) is 5.95. The number of cyclic esters (lactones) is 4. The van der Waals surface area contributed by atoms with E-state index in [0.717, 1.165) is 17.9 Å². The van der Waals surface area contributed by atoms with Crippen LogP contribution in [0, 0.1) is 31.1 Å². The topological polar surface area (TPSA) is 109 Å². The maximum absolute atomic E-state index is 11.3. The van der Waals surface area contributed by atoms with Gasteiger partial charge in [-0.25, -0.2) is 9.59 Å². The van der Waals surface area contributed by atoms with Gasteiger partial charge in [0.1, 0.15) is 0 Å². The first-order valence-corrected chi connectivity index (χ1v) is 7.67. The number of aryl methyl sites for hydroxylation is 1. The first kappa shape index (κ1) is 25.1. The summed E-state index contributed by atoms with van der Waals surface area (Å²) in [7, 11) is 0. The Morgan fingerprint density at radius 2 is 1.68 bits per heavy atom. The Morgan fingerprint density at radius 1 is 1.04 bits per heavy atom. The maximum atomic E-state index is 11.3. The normalized spacial score (nSPS) is 27.6. The molecule has 2 bridgehead atoms. The summed E-state index contributed by atoms with van der Waals surface area (Å²) in [4.78, 5) is 42.4. The molecule has 0 aliphatic carbocycles. The molecule has 2 radical (unpaired) electrons. The van der Waals surface area contributed by atoms with Gasteiger partial charge >= 0.3 is 23.9 Å². The third-order valence-electron chi connectivity index (χ3n) is 4.05. The van der Waals surface area contributed by atoms with E-state index in [0.29, 0.717) is 6.10 Å². The molecular formula is C18H14O8Y2-2. The Bertz CT molecular complexity index is 798. The largest absolute Gasteiger partial charge is 0.596 e. The van der Waals surface area contributed by atoms with Crippen molar-refractivity contribution < 1.29 is 103 Å². The number of fused-ring (bicyclic) bond motifs is 5.